The zero-order valence-corrected chi connectivity index (χ0v) is 21.7. The minimum Gasteiger partial charge on any atom is -0.399 e. The summed E-state index contributed by atoms with van der Waals surface area (Å²) in [4.78, 5) is 9.58. The summed E-state index contributed by atoms with van der Waals surface area (Å²) < 4.78 is 2.43. The minimum absolute atomic E-state index is 0.767. The molecule has 0 spiro atoms. The molecule has 0 bridgehead atoms. The van der Waals surface area contributed by atoms with E-state index in [1.807, 2.05) is 65.8 Å². The van der Waals surface area contributed by atoms with E-state index in [4.69, 9.17) is 15.7 Å². The maximum atomic E-state index is 5.78. The first-order valence-electron chi connectivity index (χ1n) is 11.3. The van der Waals surface area contributed by atoms with Crippen LogP contribution < -0.4 is 5.73 Å². The van der Waals surface area contributed by atoms with E-state index in [0.717, 1.165) is 37.9 Å². The molecule has 0 aliphatic rings. The van der Waals surface area contributed by atoms with Crippen LogP contribution in [0.15, 0.2) is 60.7 Å². The standard InChI is InChI=1S/C21H15N3S2.3C2H6/c1-12-3-2-4-17-19(12)26-21(24-17)14-7-10-16-18(11-14)25-20(23-16)13-5-8-15(22)9-6-13;3*1-2/h2-11H,22H2,1H3;3*1-2H3. The Balaban J connectivity index is 0.000000561. The van der Waals surface area contributed by atoms with Gasteiger partial charge in [-0.1, -0.05) is 53.7 Å². The highest BCUT2D eigenvalue weighted by molar-refractivity contribution is 7.22. The van der Waals surface area contributed by atoms with Gasteiger partial charge in [0.25, 0.3) is 0 Å². The van der Waals surface area contributed by atoms with Crippen molar-refractivity contribution in [2.45, 2.75) is 48.5 Å². The number of fused-ring (bicyclic) bond motifs is 2. The van der Waals surface area contributed by atoms with Crippen molar-refractivity contribution in [3.8, 4) is 21.1 Å². The van der Waals surface area contributed by atoms with Gasteiger partial charge >= 0.3 is 0 Å². The summed E-state index contributed by atoms with van der Waals surface area (Å²) in [6.45, 7) is 14.1. The lowest BCUT2D eigenvalue weighted by Crippen LogP contribution is -1.83. The van der Waals surface area contributed by atoms with E-state index in [1.165, 1.54) is 15.0 Å². The van der Waals surface area contributed by atoms with Gasteiger partial charge in [-0.2, -0.15) is 0 Å². The molecule has 3 aromatic carbocycles. The van der Waals surface area contributed by atoms with Gasteiger partial charge in [-0.05, 0) is 61.0 Å². The van der Waals surface area contributed by atoms with Gasteiger partial charge in [-0.3, -0.25) is 0 Å². The number of anilines is 1. The van der Waals surface area contributed by atoms with Crippen LogP contribution in [0.1, 0.15) is 47.1 Å². The Morgan fingerprint density at radius 3 is 1.91 bits per heavy atom. The maximum absolute atomic E-state index is 5.78. The summed E-state index contributed by atoms with van der Waals surface area (Å²) >= 11 is 3.45. The van der Waals surface area contributed by atoms with Crippen LogP contribution in [0, 0.1) is 6.92 Å². The van der Waals surface area contributed by atoms with Crippen molar-refractivity contribution >= 4 is 48.8 Å². The molecule has 5 aromatic rings. The second-order valence-corrected chi connectivity index (χ2v) is 8.30. The molecule has 0 fully saturated rings. The van der Waals surface area contributed by atoms with Gasteiger partial charge in [0.15, 0.2) is 0 Å². The predicted molar refractivity (Wildman–Crippen MR) is 147 cm³/mol. The molecule has 0 saturated heterocycles. The van der Waals surface area contributed by atoms with E-state index in [0.29, 0.717) is 0 Å². The van der Waals surface area contributed by atoms with Crippen LogP contribution in [0.25, 0.3) is 41.6 Å². The monoisotopic (exact) mass is 463 g/mol. The first kappa shape index (κ1) is 25.5. The second kappa shape index (κ2) is 12.3. The van der Waals surface area contributed by atoms with Crippen molar-refractivity contribution in [2.24, 2.45) is 0 Å². The third kappa shape index (κ3) is 5.53. The van der Waals surface area contributed by atoms with E-state index in [9.17, 15) is 0 Å². The van der Waals surface area contributed by atoms with Crippen LogP contribution in [-0.4, -0.2) is 9.97 Å². The first-order valence-corrected chi connectivity index (χ1v) is 12.9. The average Bonchev–Trinajstić information content (AvgIpc) is 3.48. The minimum atomic E-state index is 0.767. The summed E-state index contributed by atoms with van der Waals surface area (Å²) in [6.07, 6.45) is 0. The van der Waals surface area contributed by atoms with Gasteiger partial charge in [-0.15, -0.1) is 22.7 Å². The number of benzene rings is 3. The van der Waals surface area contributed by atoms with Crippen molar-refractivity contribution in [1.82, 2.24) is 9.97 Å². The highest BCUT2D eigenvalue weighted by Gasteiger charge is 2.11. The summed E-state index contributed by atoms with van der Waals surface area (Å²) in [7, 11) is 0. The molecule has 0 amide bonds. The summed E-state index contributed by atoms with van der Waals surface area (Å²) in [5.41, 5.74) is 12.1. The molecule has 0 atom stereocenters. The fourth-order valence-corrected chi connectivity index (χ4v) is 5.06. The normalized spacial score (nSPS) is 9.84. The fraction of sp³-hybridized carbons (Fsp3) is 0.259. The Morgan fingerprint density at radius 1 is 0.656 bits per heavy atom. The lowest BCUT2D eigenvalue weighted by atomic mass is 10.2. The van der Waals surface area contributed by atoms with Gasteiger partial charge < -0.3 is 5.73 Å². The van der Waals surface area contributed by atoms with Crippen molar-refractivity contribution in [1.29, 1.82) is 0 Å². The third-order valence-electron chi connectivity index (χ3n) is 4.40. The van der Waals surface area contributed by atoms with Crippen LogP contribution in [-0.2, 0) is 0 Å². The zero-order valence-electron chi connectivity index (χ0n) is 20.1. The van der Waals surface area contributed by atoms with E-state index in [1.54, 1.807) is 22.7 Å². The number of thiazole rings is 2. The number of nitrogens with two attached hydrogens (primary N) is 1. The van der Waals surface area contributed by atoms with Crippen LogP contribution in [0.4, 0.5) is 5.69 Å². The molecule has 2 N–H and O–H groups in total. The van der Waals surface area contributed by atoms with Crippen molar-refractivity contribution in [3.05, 3.63) is 66.2 Å². The number of hydrogen-bond donors (Lipinski definition) is 1. The van der Waals surface area contributed by atoms with E-state index >= 15 is 0 Å². The average molecular weight is 464 g/mol. The largest absolute Gasteiger partial charge is 0.399 e. The number of hydrogen-bond acceptors (Lipinski definition) is 5. The van der Waals surface area contributed by atoms with E-state index < -0.39 is 0 Å². The molecule has 32 heavy (non-hydrogen) atoms. The third-order valence-corrected chi connectivity index (χ3v) is 6.73. The Kier molecular flexibility index (Phi) is 9.82. The fourth-order valence-electron chi connectivity index (χ4n) is 3.02. The predicted octanol–water partition coefficient (Wildman–Crippen LogP) is 9.21. The Bertz CT molecular complexity index is 1250. The molecule has 0 unspecified atom stereocenters. The number of aromatic nitrogens is 2. The van der Waals surface area contributed by atoms with Crippen molar-refractivity contribution in [3.63, 3.8) is 0 Å². The van der Waals surface area contributed by atoms with Gasteiger partial charge in [0.05, 0.1) is 20.4 Å². The number of nitrogen functional groups attached to an aromatic ring is 1. The second-order valence-electron chi connectivity index (χ2n) is 6.27. The highest BCUT2D eigenvalue weighted by atomic mass is 32.1. The maximum Gasteiger partial charge on any atom is 0.124 e. The van der Waals surface area contributed by atoms with E-state index in [2.05, 4.69) is 43.3 Å². The number of aryl methyl sites for hydroxylation is 1. The molecule has 3 nitrogen and oxygen atoms in total. The summed E-state index contributed by atoms with van der Waals surface area (Å²) in [5.74, 6) is 0. The molecule has 2 heterocycles. The smallest absolute Gasteiger partial charge is 0.124 e. The highest BCUT2D eigenvalue weighted by Crippen LogP contribution is 2.36. The lowest BCUT2D eigenvalue weighted by molar-refractivity contribution is 1.46. The topological polar surface area (TPSA) is 51.8 Å². The van der Waals surface area contributed by atoms with Gasteiger partial charge in [-0.25, -0.2) is 9.97 Å². The molecule has 5 rings (SSSR count). The quantitative estimate of drug-likeness (QED) is 0.265. The molecule has 0 aliphatic heterocycles. The lowest BCUT2D eigenvalue weighted by Gasteiger charge is -1.95. The Labute approximate surface area is 200 Å². The van der Waals surface area contributed by atoms with Crippen molar-refractivity contribution in [2.75, 3.05) is 5.73 Å². The molecule has 0 aliphatic carbocycles. The van der Waals surface area contributed by atoms with Crippen LogP contribution in [0.2, 0.25) is 0 Å². The summed E-state index contributed by atoms with van der Waals surface area (Å²) in [5, 5.41) is 2.07. The number of nitrogens with zero attached hydrogens (tertiary/aromatic N) is 2. The number of rotatable bonds is 2. The van der Waals surface area contributed by atoms with Gasteiger partial charge in [0.2, 0.25) is 0 Å². The SMILES string of the molecule is CC.CC.CC.Cc1cccc2nc(-c3ccc4nc(-c5ccc(N)cc5)sc4c3)sc12. The molecular formula is C27H33N3S2. The van der Waals surface area contributed by atoms with Crippen LogP contribution in [0.3, 0.4) is 0 Å². The molecule has 5 heteroatoms. The van der Waals surface area contributed by atoms with Gasteiger partial charge in [0.1, 0.15) is 10.0 Å². The molecule has 0 radical (unpaired) electrons. The van der Waals surface area contributed by atoms with Crippen LogP contribution in [0.5, 0.6) is 0 Å². The van der Waals surface area contributed by atoms with Gasteiger partial charge in [0, 0.05) is 16.8 Å². The Hall–Kier alpha value is -2.76. The Morgan fingerprint density at radius 2 is 1.25 bits per heavy atom. The first-order chi connectivity index (χ1) is 15.7. The molecule has 2 aromatic heterocycles. The zero-order chi connectivity index (χ0) is 23.7. The summed E-state index contributed by atoms with van der Waals surface area (Å²) in [6, 6.07) is 20.5. The molecule has 0 saturated carbocycles. The molecule has 168 valence electrons. The van der Waals surface area contributed by atoms with E-state index in [-0.39, 0.29) is 0 Å². The van der Waals surface area contributed by atoms with Crippen LogP contribution >= 0.6 is 22.7 Å². The molecular weight excluding hydrogens is 430 g/mol. The van der Waals surface area contributed by atoms with Crippen molar-refractivity contribution < 1.29 is 0 Å².